The maximum atomic E-state index is 5.78. The smallest absolute Gasteiger partial charge is 0.0864 e. The molecule has 0 spiro atoms. The van der Waals surface area contributed by atoms with Gasteiger partial charge in [0.05, 0.1) is 6.10 Å². The normalized spacial score (nSPS) is 27.7. The Morgan fingerprint density at radius 3 is 2.33 bits per heavy atom. The van der Waals surface area contributed by atoms with Crippen molar-refractivity contribution < 1.29 is 4.74 Å². The third-order valence-corrected chi connectivity index (χ3v) is 4.55. The van der Waals surface area contributed by atoms with Crippen LogP contribution in [-0.4, -0.2) is 7.11 Å². The fourth-order valence-corrected chi connectivity index (χ4v) is 3.89. The van der Waals surface area contributed by atoms with Crippen LogP contribution in [0.2, 0.25) is 0 Å². The van der Waals surface area contributed by atoms with Crippen LogP contribution in [0.25, 0.3) is 0 Å². The first-order valence-corrected chi connectivity index (χ1v) is 6.59. The zero-order valence-electron chi connectivity index (χ0n) is 10.5. The molecule has 0 amide bonds. The van der Waals surface area contributed by atoms with Gasteiger partial charge in [-0.05, 0) is 28.7 Å². The van der Waals surface area contributed by atoms with Crippen molar-refractivity contribution in [2.45, 2.75) is 18.4 Å². The molecule has 1 nitrogen and oxygen atoms in total. The van der Waals surface area contributed by atoms with Gasteiger partial charge in [0, 0.05) is 18.9 Å². The van der Waals surface area contributed by atoms with Crippen LogP contribution in [-0.2, 0) is 11.2 Å². The molecule has 0 unspecified atom stereocenters. The molecule has 18 heavy (non-hydrogen) atoms. The monoisotopic (exact) mass is 236 g/mol. The molecule has 3 atom stereocenters. The van der Waals surface area contributed by atoms with Crippen molar-refractivity contribution in [2.75, 3.05) is 7.11 Å². The zero-order valence-corrected chi connectivity index (χ0v) is 10.5. The van der Waals surface area contributed by atoms with Gasteiger partial charge in [0.25, 0.3) is 0 Å². The number of fused-ring (bicyclic) bond motifs is 5. The molecule has 0 aromatic heterocycles. The molecule has 2 aliphatic carbocycles. The molecule has 0 fully saturated rings. The van der Waals surface area contributed by atoms with Crippen molar-refractivity contribution in [1.29, 1.82) is 0 Å². The lowest BCUT2D eigenvalue weighted by molar-refractivity contribution is 0.0617. The Bertz CT molecular complexity index is 602. The van der Waals surface area contributed by atoms with E-state index in [9.17, 15) is 0 Å². The molecule has 0 saturated carbocycles. The Kier molecular flexibility index (Phi) is 2.12. The number of ether oxygens (including phenoxy) is 1. The Labute approximate surface area is 107 Å². The van der Waals surface area contributed by atoms with Gasteiger partial charge in [-0.15, -0.1) is 0 Å². The van der Waals surface area contributed by atoms with Gasteiger partial charge in [-0.2, -0.15) is 0 Å². The van der Waals surface area contributed by atoms with Gasteiger partial charge < -0.3 is 4.74 Å². The molecule has 2 aliphatic rings. The molecule has 2 aromatic rings. The molecular weight excluding hydrogens is 220 g/mol. The predicted molar refractivity (Wildman–Crippen MR) is 71.7 cm³/mol. The maximum Gasteiger partial charge on any atom is 0.0864 e. The summed E-state index contributed by atoms with van der Waals surface area (Å²) in [5, 5.41) is 0. The summed E-state index contributed by atoms with van der Waals surface area (Å²) in [4.78, 5) is 0. The van der Waals surface area contributed by atoms with Gasteiger partial charge >= 0.3 is 0 Å². The van der Waals surface area contributed by atoms with Crippen LogP contribution >= 0.6 is 0 Å². The summed E-state index contributed by atoms with van der Waals surface area (Å²) in [5.74, 6) is 1.13. The van der Waals surface area contributed by atoms with Crippen LogP contribution in [0.4, 0.5) is 0 Å². The largest absolute Gasteiger partial charge is 0.376 e. The molecule has 1 heteroatoms. The quantitative estimate of drug-likeness (QED) is 0.733. The van der Waals surface area contributed by atoms with Gasteiger partial charge in [0.15, 0.2) is 0 Å². The standard InChI is InChI=1S/C17H16O/c1-18-17-14-9-5-4-8-13(14)16-12-7-3-2-6-11(12)10-15(16)17/h2-9,15-17H,10H2,1H3/t15-,16-,17+/m0/s1. The molecule has 4 rings (SSSR count). The van der Waals surface area contributed by atoms with Crippen molar-refractivity contribution in [1.82, 2.24) is 0 Å². The van der Waals surface area contributed by atoms with Crippen molar-refractivity contribution in [3.05, 3.63) is 70.8 Å². The minimum absolute atomic E-state index is 0.263. The molecule has 0 aliphatic heterocycles. The third kappa shape index (κ3) is 1.20. The topological polar surface area (TPSA) is 9.23 Å². The lowest BCUT2D eigenvalue weighted by atomic mass is 9.92. The van der Waals surface area contributed by atoms with E-state index in [1.54, 1.807) is 0 Å². The minimum Gasteiger partial charge on any atom is -0.376 e. The van der Waals surface area contributed by atoms with E-state index in [-0.39, 0.29) is 6.10 Å². The zero-order chi connectivity index (χ0) is 12.1. The Morgan fingerprint density at radius 2 is 1.56 bits per heavy atom. The summed E-state index contributed by atoms with van der Waals surface area (Å²) in [6.07, 6.45) is 1.41. The second-order valence-corrected chi connectivity index (χ2v) is 5.33. The molecular formula is C17H16O. The molecule has 2 aromatic carbocycles. The molecule has 90 valence electrons. The summed E-state index contributed by atoms with van der Waals surface area (Å²) in [5.41, 5.74) is 5.88. The molecule has 0 radical (unpaired) electrons. The predicted octanol–water partition coefficient (Wildman–Crippen LogP) is 3.69. The van der Waals surface area contributed by atoms with Gasteiger partial charge in [0.2, 0.25) is 0 Å². The van der Waals surface area contributed by atoms with Crippen molar-refractivity contribution in [3.63, 3.8) is 0 Å². The average molecular weight is 236 g/mol. The minimum atomic E-state index is 0.263. The van der Waals surface area contributed by atoms with Gasteiger partial charge in [0.1, 0.15) is 0 Å². The Morgan fingerprint density at radius 1 is 0.889 bits per heavy atom. The highest BCUT2D eigenvalue weighted by molar-refractivity contribution is 5.51. The van der Waals surface area contributed by atoms with E-state index in [1.165, 1.54) is 22.3 Å². The summed E-state index contributed by atoms with van der Waals surface area (Å²) in [7, 11) is 1.84. The van der Waals surface area contributed by atoms with Crippen LogP contribution in [0, 0.1) is 5.92 Å². The Hall–Kier alpha value is -1.60. The van der Waals surface area contributed by atoms with E-state index < -0.39 is 0 Å². The molecule has 0 heterocycles. The fourth-order valence-electron chi connectivity index (χ4n) is 3.89. The van der Waals surface area contributed by atoms with Crippen LogP contribution in [0.3, 0.4) is 0 Å². The van der Waals surface area contributed by atoms with E-state index in [4.69, 9.17) is 4.74 Å². The van der Waals surface area contributed by atoms with E-state index in [1.807, 2.05) is 7.11 Å². The first kappa shape index (κ1) is 10.3. The lowest BCUT2D eigenvalue weighted by Gasteiger charge is -2.17. The second-order valence-electron chi connectivity index (χ2n) is 5.33. The van der Waals surface area contributed by atoms with Crippen LogP contribution in [0.1, 0.15) is 34.3 Å². The van der Waals surface area contributed by atoms with Gasteiger partial charge in [-0.1, -0.05) is 48.5 Å². The number of benzene rings is 2. The number of methoxy groups -OCH3 is 1. The fraction of sp³-hybridized carbons (Fsp3) is 0.294. The first-order chi connectivity index (χ1) is 8.90. The number of hydrogen-bond donors (Lipinski definition) is 0. The van der Waals surface area contributed by atoms with E-state index in [0.29, 0.717) is 11.8 Å². The summed E-state index contributed by atoms with van der Waals surface area (Å²) in [6.45, 7) is 0. The van der Waals surface area contributed by atoms with Gasteiger partial charge in [-0.3, -0.25) is 0 Å². The van der Waals surface area contributed by atoms with Crippen molar-refractivity contribution in [3.8, 4) is 0 Å². The van der Waals surface area contributed by atoms with E-state index in [0.717, 1.165) is 6.42 Å². The summed E-state index contributed by atoms with van der Waals surface area (Å²) in [6, 6.07) is 17.6. The SMILES string of the molecule is CO[C@@H]1c2ccccc2[C@@H]2c3ccccc3C[C@@H]21. The molecule has 0 saturated heterocycles. The third-order valence-electron chi connectivity index (χ3n) is 4.55. The van der Waals surface area contributed by atoms with Crippen molar-refractivity contribution in [2.24, 2.45) is 5.92 Å². The number of hydrogen-bond acceptors (Lipinski definition) is 1. The molecule has 0 bridgehead atoms. The van der Waals surface area contributed by atoms with Gasteiger partial charge in [-0.25, -0.2) is 0 Å². The Balaban J connectivity index is 1.93. The van der Waals surface area contributed by atoms with Crippen LogP contribution in [0.5, 0.6) is 0 Å². The second kappa shape index (κ2) is 3.69. The first-order valence-electron chi connectivity index (χ1n) is 6.59. The number of rotatable bonds is 1. The highest BCUT2D eigenvalue weighted by atomic mass is 16.5. The lowest BCUT2D eigenvalue weighted by Crippen LogP contribution is -2.11. The van der Waals surface area contributed by atoms with Crippen LogP contribution in [0.15, 0.2) is 48.5 Å². The maximum absolute atomic E-state index is 5.78. The summed E-state index contributed by atoms with van der Waals surface area (Å²) < 4.78 is 5.78. The average Bonchev–Trinajstić information content (AvgIpc) is 2.92. The molecule has 0 N–H and O–H groups in total. The van der Waals surface area contributed by atoms with E-state index in [2.05, 4.69) is 48.5 Å². The van der Waals surface area contributed by atoms with Crippen molar-refractivity contribution >= 4 is 0 Å². The van der Waals surface area contributed by atoms with E-state index >= 15 is 0 Å². The highest BCUT2D eigenvalue weighted by Crippen LogP contribution is 2.55. The van der Waals surface area contributed by atoms with Crippen LogP contribution < -0.4 is 0 Å². The highest BCUT2D eigenvalue weighted by Gasteiger charge is 2.45. The summed E-state index contributed by atoms with van der Waals surface area (Å²) >= 11 is 0.